The van der Waals surface area contributed by atoms with E-state index in [1.165, 1.54) is 0 Å². The Kier molecular flexibility index (Phi) is 6.59. The van der Waals surface area contributed by atoms with Gasteiger partial charge in [0.05, 0.1) is 11.4 Å². The van der Waals surface area contributed by atoms with Crippen LogP contribution >= 0.6 is 11.6 Å². The highest BCUT2D eigenvalue weighted by molar-refractivity contribution is 7.89. The van der Waals surface area contributed by atoms with Crippen LogP contribution in [0.4, 0.5) is 11.4 Å². The largest absolute Gasteiger partial charge is 0.376 e. The number of rotatable bonds is 6. The van der Waals surface area contributed by atoms with Gasteiger partial charge in [-0.05, 0) is 61.7 Å². The molecule has 150 valence electrons. The summed E-state index contributed by atoms with van der Waals surface area (Å²) in [5.74, 6) is -0.213. The third-order valence-electron chi connectivity index (χ3n) is 4.80. The summed E-state index contributed by atoms with van der Waals surface area (Å²) in [5, 5.41) is 6.41. The molecule has 1 heterocycles. The van der Waals surface area contributed by atoms with Gasteiger partial charge in [0.25, 0.3) is 0 Å². The molecule has 1 saturated heterocycles. The van der Waals surface area contributed by atoms with Gasteiger partial charge in [0.15, 0.2) is 0 Å². The highest BCUT2D eigenvalue weighted by atomic mass is 35.5. The van der Waals surface area contributed by atoms with Crippen molar-refractivity contribution in [2.75, 3.05) is 30.3 Å². The van der Waals surface area contributed by atoms with Gasteiger partial charge in [-0.25, -0.2) is 8.42 Å². The Hall–Kier alpha value is -2.09. The van der Waals surface area contributed by atoms with E-state index in [1.54, 1.807) is 46.8 Å². The van der Waals surface area contributed by atoms with Crippen molar-refractivity contribution in [2.24, 2.45) is 0 Å². The van der Waals surface area contributed by atoms with E-state index in [4.69, 9.17) is 11.6 Å². The molecule has 0 aromatic heterocycles. The fraction of sp³-hybridized carbons (Fsp3) is 0.350. The summed E-state index contributed by atoms with van der Waals surface area (Å²) in [4.78, 5) is 12.4. The molecule has 0 atom stereocenters. The monoisotopic (exact) mass is 421 g/mol. The fourth-order valence-corrected chi connectivity index (χ4v) is 4.81. The van der Waals surface area contributed by atoms with Crippen molar-refractivity contribution in [3.63, 3.8) is 0 Å². The third-order valence-corrected chi connectivity index (χ3v) is 7.12. The van der Waals surface area contributed by atoms with Crippen LogP contribution in [0.2, 0.25) is 5.02 Å². The number of anilines is 2. The molecule has 1 aliphatic heterocycles. The zero-order valence-electron chi connectivity index (χ0n) is 15.7. The van der Waals surface area contributed by atoms with Crippen LogP contribution in [0.15, 0.2) is 47.4 Å². The van der Waals surface area contributed by atoms with E-state index >= 15 is 0 Å². The molecule has 0 saturated carbocycles. The Bertz CT molecular complexity index is 940. The molecule has 0 bridgehead atoms. The van der Waals surface area contributed by atoms with E-state index in [-0.39, 0.29) is 17.3 Å². The lowest BCUT2D eigenvalue weighted by Crippen LogP contribution is -2.35. The second kappa shape index (κ2) is 8.94. The number of hydrogen-bond acceptors (Lipinski definition) is 4. The average molecular weight is 422 g/mol. The van der Waals surface area contributed by atoms with Gasteiger partial charge in [-0.15, -0.1) is 0 Å². The summed E-state index contributed by atoms with van der Waals surface area (Å²) in [6.45, 7) is 3.05. The number of hydrogen-bond donors (Lipinski definition) is 2. The minimum Gasteiger partial charge on any atom is -0.376 e. The summed E-state index contributed by atoms with van der Waals surface area (Å²) in [6, 6.07) is 11.8. The third kappa shape index (κ3) is 4.84. The van der Waals surface area contributed by atoms with Crippen LogP contribution in [0.3, 0.4) is 0 Å². The minimum absolute atomic E-state index is 0.0597. The zero-order chi connectivity index (χ0) is 20.1. The van der Waals surface area contributed by atoms with Gasteiger partial charge < -0.3 is 10.6 Å². The summed E-state index contributed by atoms with van der Waals surface area (Å²) >= 11 is 6.06. The van der Waals surface area contributed by atoms with Crippen LogP contribution in [0.25, 0.3) is 0 Å². The Balaban J connectivity index is 1.58. The molecule has 28 heavy (non-hydrogen) atoms. The molecule has 2 aromatic rings. The second-order valence-electron chi connectivity index (χ2n) is 6.80. The summed E-state index contributed by atoms with van der Waals surface area (Å²) in [7, 11) is -3.45. The van der Waals surface area contributed by atoms with Crippen LogP contribution < -0.4 is 10.6 Å². The average Bonchev–Trinajstić information content (AvgIpc) is 2.71. The van der Waals surface area contributed by atoms with E-state index in [2.05, 4.69) is 10.6 Å². The first kappa shape index (κ1) is 20.6. The molecule has 0 aliphatic carbocycles. The van der Waals surface area contributed by atoms with Crippen molar-refractivity contribution in [3.8, 4) is 0 Å². The predicted molar refractivity (Wildman–Crippen MR) is 112 cm³/mol. The first-order valence-corrected chi connectivity index (χ1v) is 11.1. The number of nitrogens with one attached hydrogen (secondary N) is 2. The zero-order valence-corrected chi connectivity index (χ0v) is 17.3. The number of nitrogens with zero attached hydrogens (tertiary/aromatic N) is 1. The molecule has 1 amide bonds. The first-order valence-electron chi connectivity index (χ1n) is 9.27. The van der Waals surface area contributed by atoms with E-state index in [0.717, 1.165) is 24.8 Å². The minimum atomic E-state index is -3.45. The van der Waals surface area contributed by atoms with Gasteiger partial charge in [-0.2, -0.15) is 4.31 Å². The summed E-state index contributed by atoms with van der Waals surface area (Å²) in [6.07, 6.45) is 2.88. The lowest BCUT2D eigenvalue weighted by Gasteiger charge is -2.25. The number of carbonyl (C=O) groups excluding carboxylic acids is 1. The smallest absolute Gasteiger partial charge is 0.243 e. The maximum Gasteiger partial charge on any atom is 0.243 e. The normalized spacial score (nSPS) is 15.2. The van der Waals surface area contributed by atoms with E-state index in [9.17, 15) is 13.2 Å². The molecular weight excluding hydrogens is 398 g/mol. The molecule has 3 rings (SSSR count). The number of sulfonamides is 1. The molecule has 6 nitrogen and oxygen atoms in total. The lowest BCUT2D eigenvalue weighted by molar-refractivity contribution is -0.114. The lowest BCUT2D eigenvalue weighted by atomic mass is 10.2. The maximum absolute atomic E-state index is 12.7. The Morgan fingerprint density at radius 3 is 2.43 bits per heavy atom. The Morgan fingerprint density at radius 2 is 1.75 bits per heavy atom. The maximum atomic E-state index is 12.7. The van der Waals surface area contributed by atoms with Gasteiger partial charge in [-0.1, -0.05) is 24.1 Å². The topological polar surface area (TPSA) is 78.5 Å². The van der Waals surface area contributed by atoms with Crippen LogP contribution in [0, 0.1) is 6.92 Å². The van der Waals surface area contributed by atoms with Crippen LogP contribution in [-0.2, 0) is 14.8 Å². The van der Waals surface area contributed by atoms with Crippen molar-refractivity contribution in [1.82, 2.24) is 4.31 Å². The van der Waals surface area contributed by atoms with Crippen LogP contribution in [0.1, 0.15) is 24.8 Å². The van der Waals surface area contributed by atoms with Crippen LogP contribution in [0.5, 0.6) is 0 Å². The summed E-state index contributed by atoms with van der Waals surface area (Å²) < 4.78 is 26.9. The van der Waals surface area contributed by atoms with Gasteiger partial charge in [0.2, 0.25) is 15.9 Å². The molecule has 0 unspecified atom stereocenters. The van der Waals surface area contributed by atoms with Crippen molar-refractivity contribution in [2.45, 2.75) is 31.1 Å². The predicted octanol–water partition coefficient (Wildman–Crippen LogP) is 3.87. The van der Waals surface area contributed by atoms with Gasteiger partial charge in [-0.3, -0.25) is 4.79 Å². The van der Waals surface area contributed by atoms with E-state index in [1.807, 2.05) is 6.92 Å². The molecule has 1 aliphatic rings. The second-order valence-corrected chi connectivity index (χ2v) is 9.15. The standard InChI is InChI=1S/C20H24ClN3O3S/c1-15-18(21)6-5-7-19(15)23-20(25)14-22-16-8-10-17(11-9-16)28(26,27)24-12-3-2-4-13-24/h5-11,22H,2-4,12-14H2,1H3,(H,23,25). The molecular formula is C20H24ClN3O3S. The number of benzene rings is 2. The van der Waals surface area contributed by atoms with Crippen molar-refractivity contribution in [3.05, 3.63) is 53.1 Å². The highest BCUT2D eigenvalue weighted by Gasteiger charge is 2.25. The molecule has 2 aromatic carbocycles. The molecule has 0 radical (unpaired) electrons. The van der Waals surface area contributed by atoms with Gasteiger partial charge in [0.1, 0.15) is 0 Å². The summed E-state index contributed by atoms with van der Waals surface area (Å²) in [5.41, 5.74) is 2.16. The fourth-order valence-electron chi connectivity index (χ4n) is 3.12. The quantitative estimate of drug-likeness (QED) is 0.742. The number of halogens is 1. The Morgan fingerprint density at radius 1 is 1.07 bits per heavy atom. The molecule has 1 fully saturated rings. The van der Waals surface area contributed by atoms with Gasteiger partial charge >= 0.3 is 0 Å². The molecule has 2 N–H and O–H groups in total. The number of piperidine rings is 1. The van der Waals surface area contributed by atoms with Gasteiger partial charge in [0, 0.05) is 29.5 Å². The molecule has 8 heteroatoms. The van der Waals surface area contributed by atoms with E-state index in [0.29, 0.717) is 29.5 Å². The highest BCUT2D eigenvalue weighted by Crippen LogP contribution is 2.23. The van der Waals surface area contributed by atoms with Crippen molar-refractivity contribution in [1.29, 1.82) is 0 Å². The molecule has 0 spiro atoms. The van der Waals surface area contributed by atoms with Crippen molar-refractivity contribution < 1.29 is 13.2 Å². The van der Waals surface area contributed by atoms with Crippen LogP contribution in [-0.4, -0.2) is 38.3 Å². The van der Waals surface area contributed by atoms with Crippen molar-refractivity contribution >= 4 is 38.9 Å². The Labute approximate surface area is 170 Å². The number of amides is 1. The SMILES string of the molecule is Cc1c(Cl)cccc1NC(=O)CNc1ccc(S(=O)(=O)N2CCCCC2)cc1. The van der Waals surface area contributed by atoms with E-state index < -0.39 is 10.0 Å². The number of carbonyl (C=O) groups is 1. The first-order chi connectivity index (χ1) is 13.4.